The molecule has 3 heteroatoms. The van der Waals surface area contributed by atoms with E-state index in [2.05, 4.69) is 29.6 Å². The average molecular weight is 245 g/mol. The van der Waals surface area contributed by atoms with Gasteiger partial charge in [0.1, 0.15) is 0 Å². The lowest BCUT2D eigenvalue weighted by atomic mass is 9.92. The number of nitrogens with one attached hydrogen (secondary N) is 1. The van der Waals surface area contributed by atoms with E-state index in [4.69, 9.17) is 9.47 Å². The number of hydrogen-bond acceptors (Lipinski definition) is 3. The van der Waals surface area contributed by atoms with Crippen molar-refractivity contribution in [2.45, 2.75) is 50.2 Å². The second kappa shape index (κ2) is 4.34. The summed E-state index contributed by atoms with van der Waals surface area (Å²) in [6.07, 6.45) is 4.58. The Kier molecular flexibility index (Phi) is 2.64. The van der Waals surface area contributed by atoms with Crippen LogP contribution in [0.15, 0.2) is 24.3 Å². The maximum absolute atomic E-state index is 5.91. The van der Waals surface area contributed by atoms with E-state index in [1.807, 2.05) is 0 Å². The minimum absolute atomic E-state index is 0.336. The van der Waals surface area contributed by atoms with Crippen LogP contribution in [0.3, 0.4) is 0 Å². The van der Waals surface area contributed by atoms with Gasteiger partial charge in [-0.2, -0.15) is 0 Å². The van der Waals surface area contributed by atoms with E-state index >= 15 is 0 Å². The van der Waals surface area contributed by atoms with Gasteiger partial charge in [0.15, 0.2) is 0 Å². The van der Waals surface area contributed by atoms with E-state index in [-0.39, 0.29) is 0 Å². The first-order valence-corrected chi connectivity index (χ1v) is 6.97. The molecule has 0 amide bonds. The summed E-state index contributed by atoms with van der Waals surface area (Å²) in [5.74, 6) is 0. The Morgan fingerprint density at radius 2 is 2.11 bits per heavy atom. The fourth-order valence-corrected chi connectivity index (χ4v) is 3.59. The molecule has 3 nitrogen and oxygen atoms in total. The molecule has 0 aromatic heterocycles. The quantitative estimate of drug-likeness (QED) is 0.866. The summed E-state index contributed by atoms with van der Waals surface area (Å²) in [7, 11) is 0. The molecule has 96 valence electrons. The third-order valence-corrected chi connectivity index (χ3v) is 4.49. The van der Waals surface area contributed by atoms with Gasteiger partial charge in [-0.25, -0.2) is 0 Å². The standard InChI is InChI=1S/C15H19NO2/c1-2-4-12-10(3-1)8-17-9-14(12)16-13-7-11-5-6-15(13)18-11/h1-4,11,13-16H,5-9H2. The van der Waals surface area contributed by atoms with E-state index in [1.165, 1.54) is 30.4 Å². The fourth-order valence-electron chi connectivity index (χ4n) is 3.59. The Balaban J connectivity index is 1.53. The first-order valence-electron chi connectivity index (χ1n) is 6.97. The number of benzene rings is 1. The van der Waals surface area contributed by atoms with Crippen LogP contribution in [0.5, 0.6) is 0 Å². The molecule has 3 heterocycles. The van der Waals surface area contributed by atoms with Crippen molar-refractivity contribution in [3.63, 3.8) is 0 Å². The van der Waals surface area contributed by atoms with Gasteiger partial charge in [0, 0.05) is 6.04 Å². The molecule has 1 N–H and O–H groups in total. The van der Waals surface area contributed by atoms with E-state index in [9.17, 15) is 0 Å². The van der Waals surface area contributed by atoms with E-state index in [0.717, 1.165) is 13.2 Å². The lowest BCUT2D eigenvalue weighted by molar-refractivity contribution is 0.0676. The van der Waals surface area contributed by atoms with Gasteiger partial charge >= 0.3 is 0 Å². The van der Waals surface area contributed by atoms with Crippen LogP contribution in [-0.4, -0.2) is 24.9 Å². The van der Waals surface area contributed by atoms with Crippen LogP contribution in [0.4, 0.5) is 0 Å². The monoisotopic (exact) mass is 245 g/mol. The molecule has 4 rings (SSSR count). The zero-order chi connectivity index (χ0) is 11.9. The Morgan fingerprint density at radius 1 is 1.17 bits per heavy atom. The maximum Gasteiger partial charge on any atom is 0.0733 e. The molecular formula is C15H19NO2. The summed E-state index contributed by atoms with van der Waals surface area (Å²) < 4.78 is 11.6. The van der Waals surface area contributed by atoms with Crippen molar-refractivity contribution < 1.29 is 9.47 Å². The summed E-state index contributed by atoms with van der Waals surface area (Å²) in [5, 5.41) is 3.76. The first-order chi connectivity index (χ1) is 8.90. The summed E-state index contributed by atoms with van der Waals surface area (Å²) in [6, 6.07) is 9.46. The number of hydrogen-bond donors (Lipinski definition) is 1. The van der Waals surface area contributed by atoms with Crippen LogP contribution in [0, 0.1) is 0 Å². The lowest BCUT2D eigenvalue weighted by Crippen LogP contribution is -2.42. The molecule has 2 saturated heterocycles. The molecule has 0 radical (unpaired) electrons. The average Bonchev–Trinajstić information content (AvgIpc) is 3.01. The summed E-state index contributed by atoms with van der Waals surface area (Å²) in [6.45, 7) is 1.53. The molecule has 0 spiro atoms. The third kappa shape index (κ3) is 1.78. The van der Waals surface area contributed by atoms with Crippen LogP contribution >= 0.6 is 0 Å². The molecule has 4 unspecified atom stereocenters. The third-order valence-electron chi connectivity index (χ3n) is 4.49. The molecule has 2 fully saturated rings. The van der Waals surface area contributed by atoms with Crippen molar-refractivity contribution in [1.29, 1.82) is 0 Å². The van der Waals surface area contributed by atoms with Crippen molar-refractivity contribution in [1.82, 2.24) is 5.32 Å². The predicted octanol–water partition coefficient (Wildman–Crippen LogP) is 2.17. The lowest BCUT2D eigenvalue weighted by Gasteiger charge is -2.31. The molecule has 4 atom stereocenters. The summed E-state index contributed by atoms with van der Waals surface area (Å²) >= 11 is 0. The van der Waals surface area contributed by atoms with Gasteiger partial charge in [-0.3, -0.25) is 0 Å². The van der Waals surface area contributed by atoms with Crippen molar-refractivity contribution in [3.8, 4) is 0 Å². The van der Waals surface area contributed by atoms with Crippen LogP contribution < -0.4 is 5.32 Å². The van der Waals surface area contributed by atoms with Gasteiger partial charge in [0.25, 0.3) is 0 Å². The van der Waals surface area contributed by atoms with Gasteiger partial charge in [0.05, 0.1) is 31.5 Å². The topological polar surface area (TPSA) is 30.5 Å². The fraction of sp³-hybridized carbons (Fsp3) is 0.600. The van der Waals surface area contributed by atoms with Gasteiger partial charge in [-0.15, -0.1) is 0 Å². The van der Waals surface area contributed by atoms with Crippen molar-refractivity contribution in [2.75, 3.05) is 6.61 Å². The second-order valence-corrected chi connectivity index (χ2v) is 5.65. The van der Waals surface area contributed by atoms with Crippen molar-refractivity contribution >= 4 is 0 Å². The molecule has 3 aliphatic heterocycles. The Morgan fingerprint density at radius 3 is 2.94 bits per heavy atom. The SMILES string of the molecule is c1ccc2c(c1)COCC2NC1CC2CCC1O2. The zero-order valence-corrected chi connectivity index (χ0v) is 10.5. The van der Waals surface area contributed by atoms with Gasteiger partial charge in [-0.05, 0) is 30.4 Å². The second-order valence-electron chi connectivity index (χ2n) is 5.65. The van der Waals surface area contributed by atoms with Crippen LogP contribution in [-0.2, 0) is 16.1 Å². The molecule has 3 aliphatic rings. The van der Waals surface area contributed by atoms with Gasteiger partial charge < -0.3 is 14.8 Å². The molecule has 0 aliphatic carbocycles. The summed E-state index contributed by atoms with van der Waals surface area (Å²) in [4.78, 5) is 0. The number of ether oxygens (including phenoxy) is 2. The Hall–Kier alpha value is -0.900. The van der Waals surface area contributed by atoms with E-state index in [1.54, 1.807) is 0 Å². The highest BCUT2D eigenvalue weighted by Crippen LogP contribution is 2.36. The highest BCUT2D eigenvalue weighted by molar-refractivity contribution is 5.31. The molecule has 1 aromatic carbocycles. The minimum Gasteiger partial charge on any atom is -0.375 e. The van der Waals surface area contributed by atoms with Crippen LogP contribution in [0.1, 0.15) is 36.4 Å². The zero-order valence-electron chi connectivity index (χ0n) is 10.5. The molecule has 2 bridgehead atoms. The van der Waals surface area contributed by atoms with Crippen LogP contribution in [0.2, 0.25) is 0 Å². The first kappa shape index (κ1) is 11.0. The van der Waals surface area contributed by atoms with E-state index < -0.39 is 0 Å². The van der Waals surface area contributed by atoms with E-state index in [0.29, 0.717) is 24.3 Å². The highest BCUT2D eigenvalue weighted by Gasteiger charge is 2.41. The van der Waals surface area contributed by atoms with Gasteiger partial charge in [-0.1, -0.05) is 24.3 Å². The molecule has 0 saturated carbocycles. The number of fused-ring (bicyclic) bond motifs is 3. The van der Waals surface area contributed by atoms with Crippen LogP contribution in [0.25, 0.3) is 0 Å². The largest absolute Gasteiger partial charge is 0.375 e. The highest BCUT2D eigenvalue weighted by atomic mass is 16.5. The Bertz CT molecular complexity index is 448. The van der Waals surface area contributed by atoms with Gasteiger partial charge in [0.2, 0.25) is 0 Å². The predicted molar refractivity (Wildman–Crippen MR) is 68.3 cm³/mol. The summed E-state index contributed by atoms with van der Waals surface area (Å²) in [5.41, 5.74) is 2.73. The number of rotatable bonds is 2. The maximum atomic E-state index is 5.91. The molecule has 1 aromatic rings. The van der Waals surface area contributed by atoms with Crippen molar-refractivity contribution in [3.05, 3.63) is 35.4 Å². The molecular weight excluding hydrogens is 226 g/mol. The van der Waals surface area contributed by atoms with Crippen molar-refractivity contribution in [2.24, 2.45) is 0 Å². The smallest absolute Gasteiger partial charge is 0.0733 e. The Labute approximate surface area is 107 Å². The molecule has 18 heavy (non-hydrogen) atoms. The minimum atomic E-state index is 0.336. The normalized spacial score (nSPS) is 37.8.